The van der Waals surface area contributed by atoms with Crippen LogP contribution in [0.5, 0.6) is 0 Å². The third-order valence-corrected chi connectivity index (χ3v) is 2.42. The molecule has 0 aliphatic carbocycles. The van der Waals surface area contributed by atoms with E-state index in [-0.39, 0.29) is 6.61 Å². The first-order valence-corrected chi connectivity index (χ1v) is 6.26. The van der Waals surface area contributed by atoms with E-state index in [0.29, 0.717) is 25.6 Å². The van der Waals surface area contributed by atoms with Gasteiger partial charge in [-0.15, -0.1) is 0 Å². The number of alkyl halides is 3. The Morgan fingerprint density at radius 2 is 2.16 bits per heavy atom. The van der Waals surface area contributed by atoms with Crippen molar-refractivity contribution in [1.29, 1.82) is 0 Å². The highest BCUT2D eigenvalue weighted by Gasteiger charge is 2.27. The molecule has 0 aliphatic rings. The van der Waals surface area contributed by atoms with Gasteiger partial charge < -0.3 is 14.6 Å². The number of hydrogen-bond acceptors (Lipinski definition) is 3. The number of hydrogen-bond donors (Lipinski definition) is 1. The lowest BCUT2D eigenvalue weighted by Gasteiger charge is -2.11. The van der Waals surface area contributed by atoms with E-state index in [1.165, 1.54) is 0 Å². The van der Waals surface area contributed by atoms with Gasteiger partial charge in [-0.1, -0.05) is 13.8 Å². The van der Waals surface area contributed by atoms with Crippen LogP contribution in [-0.2, 0) is 17.8 Å². The van der Waals surface area contributed by atoms with Gasteiger partial charge in [0.1, 0.15) is 12.4 Å². The minimum Gasteiger partial charge on any atom is -0.372 e. The van der Waals surface area contributed by atoms with E-state index < -0.39 is 12.8 Å². The van der Waals surface area contributed by atoms with Gasteiger partial charge in [0, 0.05) is 31.6 Å². The van der Waals surface area contributed by atoms with Crippen LogP contribution in [0.3, 0.4) is 0 Å². The van der Waals surface area contributed by atoms with Gasteiger partial charge in [0.2, 0.25) is 0 Å². The lowest BCUT2D eigenvalue weighted by atomic mass is 10.4. The Kier molecular flexibility index (Phi) is 6.30. The molecule has 0 aromatic carbocycles. The molecule has 0 aliphatic heterocycles. The zero-order valence-electron chi connectivity index (χ0n) is 11.2. The van der Waals surface area contributed by atoms with Crippen molar-refractivity contribution >= 4 is 0 Å². The van der Waals surface area contributed by atoms with Crippen molar-refractivity contribution in [2.75, 3.05) is 13.2 Å². The molecule has 1 heterocycles. The molecule has 110 valence electrons. The summed E-state index contributed by atoms with van der Waals surface area (Å²) in [4.78, 5) is 4.21. The summed E-state index contributed by atoms with van der Waals surface area (Å²) < 4.78 is 42.0. The summed E-state index contributed by atoms with van der Waals surface area (Å²) in [5.41, 5.74) is 0. The smallest absolute Gasteiger partial charge is 0.372 e. The summed E-state index contributed by atoms with van der Waals surface area (Å²) in [6.07, 6.45) is -0.211. The van der Waals surface area contributed by atoms with Gasteiger partial charge in [0.15, 0.2) is 0 Å². The quantitative estimate of drug-likeness (QED) is 0.742. The maximum absolute atomic E-state index is 11.8. The summed E-state index contributed by atoms with van der Waals surface area (Å²) in [6.45, 7) is 4.24. The van der Waals surface area contributed by atoms with Crippen LogP contribution in [0.4, 0.5) is 13.2 Å². The van der Waals surface area contributed by atoms with Crippen LogP contribution in [0, 0.1) is 0 Å². The molecule has 0 saturated heterocycles. The SMILES string of the molecule is CC(C)NCc1nccn1CCCOCC(F)(F)F. The molecule has 0 unspecified atom stereocenters. The zero-order valence-corrected chi connectivity index (χ0v) is 11.2. The first-order valence-electron chi connectivity index (χ1n) is 6.26. The molecule has 7 heteroatoms. The molecule has 0 amide bonds. The molecular weight excluding hydrogens is 259 g/mol. The van der Waals surface area contributed by atoms with Crippen molar-refractivity contribution in [3.05, 3.63) is 18.2 Å². The molecule has 0 radical (unpaired) electrons. The van der Waals surface area contributed by atoms with Crippen LogP contribution in [0.2, 0.25) is 0 Å². The Bertz CT molecular complexity index is 363. The van der Waals surface area contributed by atoms with E-state index in [1.807, 2.05) is 24.6 Å². The van der Waals surface area contributed by atoms with Crippen molar-refractivity contribution in [1.82, 2.24) is 14.9 Å². The maximum Gasteiger partial charge on any atom is 0.411 e. The van der Waals surface area contributed by atoms with Crippen molar-refractivity contribution in [2.24, 2.45) is 0 Å². The van der Waals surface area contributed by atoms with E-state index >= 15 is 0 Å². The molecule has 1 aromatic rings. The predicted octanol–water partition coefficient (Wildman–Crippen LogP) is 2.35. The molecule has 1 N–H and O–H groups in total. The lowest BCUT2D eigenvalue weighted by Crippen LogP contribution is -2.24. The lowest BCUT2D eigenvalue weighted by molar-refractivity contribution is -0.174. The van der Waals surface area contributed by atoms with Gasteiger partial charge in [-0.05, 0) is 6.42 Å². The van der Waals surface area contributed by atoms with Crippen molar-refractivity contribution in [3.8, 4) is 0 Å². The second-order valence-electron chi connectivity index (χ2n) is 4.59. The molecule has 4 nitrogen and oxygen atoms in total. The normalized spacial score (nSPS) is 12.3. The first kappa shape index (κ1) is 16.0. The number of halogens is 3. The minimum atomic E-state index is -4.25. The highest BCUT2D eigenvalue weighted by atomic mass is 19.4. The van der Waals surface area contributed by atoms with Crippen LogP contribution in [0.25, 0.3) is 0 Å². The zero-order chi connectivity index (χ0) is 14.3. The number of nitrogens with zero attached hydrogens (tertiary/aromatic N) is 2. The summed E-state index contributed by atoms with van der Waals surface area (Å²) in [5, 5.41) is 3.25. The summed E-state index contributed by atoms with van der Waals surface area (Å²) >= 11 is 0. The van der Waals surface area contributed by atoms with Crippen molar-refractivity contribution in [2.45, 2.75) is 45.6 Å². The monoisotopic (exact) mass is 279 g/mol. The van der Waals surface area contributed by atoms with Gasteiger partial charge in [-0.3, -0.25) is 0 Å². The number of nitrogens with one attached hydrogen (secondary N) is 1. The largest absolute Gasteiger partial charge is 0.411 e. The fourth-order valence-electron chi connectivity index (χ4n) is 1.53. The second kappa shape index (κ2) is 7.49. The van der Waals surface area contributed by atoms with E-state index in [2.05, 4.69) is 15.0 Å². The third-order valence-electron chi connectivity index (χ3n) is 2.42. The van der Waals surface area contributed by atoms with E-state index in [9.17, 15) is 13.2 Å². The number of rotatable bonds is 8. The van der Waals surface area contributed by atoms with Gasteiger partial charge >= 0.3 is 6.18 Å². The molecule has 0 spiro atoms. The van der Waals surface area contributed by atoms with E-state index in [4.69, 9.17) is 0 Å². The fraction of sp³-hybridized carbons (Fsp3) is 0.750. The Morgan fingerprint density at radius 3 is 2.79 bits per heavy atom. The molecular formula is C12H20F3N3O. The molecule has 1 aromatic heterocycles. The van der Waals surface area contributed by atoms with Gasteiger partial charge in [-0.25, -0.2) is 4.98 Å². The predicted molar refractivity (Wildman–Crippen MR) is 65.7 cm³/mol. The first-order chi connectivity index (χ1) is 8.88. The number of imidazole rings is 1. The standard InChI is InChI=1S/C12H20F3N3O/c1-10(2)17-8-11-16-4-6-18(11)5-3-7-19-9-12(13,14)15/h4,6,10,17H,3,5,7-9H2,1-2H3. The summed E-state index contributed by atoms with van der Waals surface area (Å²) in [6, 6.07) is 0.361. The highest BCUT2D eigenvalue weighted by Crippen LogP contribution is 2.14. The summed E-state index contributed by atoms with van der Waals surface area (Å²) in [5.74, 6) is 0.879. The summed E-state index contributed by atoms with van der Waals surface area (Å²) in [7, 11) is 0. The van der Waals surface area contributed by atoms with Crippen LogP contribution >= 0.6 is 0 Å². The van der Waals surface area contributed by atoms with Crippen LogP contribution in [0.1, 0.15) is 26.1 Å². The van der Waals surface area contributed by atoms with Crippen LogP contribution in [-0.4, -0.2) is 35.0 Å². The van der Waals surface area contributed by atoms with Crippen molar-refractivity contribution in [3.63, 3.8) is 0 Å². The Labute approximate surface area is 111 Å². The average Bonchev–Trinajstić information content (AvgIpc) is 2.72. The second-order valence-corrected chi connectivity index (χ2v) is 4.59. The van der Waals surface area contributed by atoms with Crippen LogP contribution < -0.4 is 5.32 Å². The maximum atomic E-state index is 11.8. The topological polar surface area (TPSA) is 39.1 Å². The highest BCUT2D eigenvalue weighted by molar-refractivity contribution is 4.92. The molecule has 0 atom stereocenters. The van der Waals surface area contributed by atoms with E-state index in [0.717, 1.165) is 5.82 Å². The molecule has 0 saturated carbocycles. The molecule has 1 rings (SSSR count). The van der Waals surface area contributed by atoms with E-state index in [1.54, 1.807) is 6.20 Å². The molecule has 0 bridgehead atoms. The van der Waals surface area contributed by atoms with Gasteiger partial charge in [-0.2, -0.15) is 13.2 Å². The van der Waals surface area contributed by atoms with Crippen LogP contribution in [0.15, 0.2) is 12.4 Å². The Morgan fingerprint density at radius 1 is 1.42 bits per heavy atom. The molecule has 0 fully saturated rings. The number of aromatic nitrogens is 2. The van der Waals surface area contributed by atoms with Crippen molar-refractivity contribution < 1.29 is 17.9 Å². The number of aryl methyl sites for hydroxylation is 1. The average molecular weight is 279 g/mol. The minimum absolute atomic E-state index is 0.0920. The van der Waals surface area contributed by atoms with Gasteiger partial charge in [0.25, 0.3) is 0 Å². The molecule has 19 heavy (non-hydrogen) atoms. The Balaban J connectivity index is 2.24. The fourth-order valence-corrected chi connectivity index (χ4v) is 1.53. The third kappa shape index (κ3) is 7.17. The number of ether oxygens (including phenoxy) is 1. The van der Waals surface area contributed by atoms with Gasteiger partial charge in [0.05, 0.1) is 6.54 Å². The Hall–Kier alpha value is -1.08.